The maximum absolute atomic E-state index is 5.34. The van der Waals surface area contributed by atoms with E-state index in [1.165, 1.54) is 4.90 Å². The molecule has 0 aliphatic heterocycles. The Morgan fingerprint density at radius 1 is 1.25 bits per heavy atom. The zero-order chi connectivity index (χ0) is 8.39. The zero-order valence-electron chi connectivity index (χ0n) is 6.78. The number of hydrogen-bond acceptors (Lipinski definition) is 1. The molecule has 0 saturated carbocycles. The van der Waals surface area contributed by atoms with Crippen LogP contribution >= 0.6 is 11.8 Å². The van der Waals surface area contributed by atoms with Crippen molar-refractivity contribution in [3.8, 4) is 0 Å². The predicted molar refractivity (Wildman–Crippen MR) is 52.4 cm³/mol. The topological polar surface area (TPSA) is 11.3 Å². The SMILES string of the molecule is CSc1ccc2ccc[o+]c2c1. The fourth-order valence-electron chi connectivity index (χ4n) is 1.14. The highest BCUT2D eigenvalue weighted by Gasteiger charge is 2.03. The molecular formula is C10H9OS+. The van der Waals surface area contributed by atoms with Gasteiger partial charge in [0.15, 0.2) is 0 Å². The minimum atomic E-state index is 0.948. The Morgan fingerprint density at radius 2 is 2.17 bits per heavy atom. The first-order chi connectivity index (χ1) is 5.90. The van der Waals surface area contributed by atoms with E-state index >= 15 is 0 Å². The van der Waals surface area contributed by atoms with Crippen LogP contribution in [0.1, 0.15) is 0 Å². The molecule has 2 rings (SSSR count). The van der Waals surface area contributed by atoms with Gasteiger partial charge in [-0.05, 0) is 24.5 Å². The zero-order valence-corrected chi connectivity index (χ0v) is 7.60. The number of thioether (sulfide) groups is 1. The molecule has 0 N–H and O–H groups in total. The van der Waals surface area contributed by atoms with Gasteiger partial charge in [-0.1, -0.05) is 0 Å². The minimum absolute atomic E-state index is 0.948. The molecule has 0 unspecified atom stereocenters. The van der Waals surface area contributed by atoms with Crippen molar-refractivity contribution in [2.75, 3.05) is 6.26 Å². The van der Waals surface area contributed by atoms with Crippen LogP contribution in [0.5, 0.6) is 0 Å². The summed E-state index contributed by atoms with van der Waals surface area (Å²) in [5, 5.41) is 1.15. The summed E-state index contributed by atoms with van der Waals surface area (Å²) in [6, 6.07) is 10.2. The van der Waals surface area contributed by atoms with E-state index in [2.05, 4.69) is 24.5 Å². The van der Waals surface area contributed by atoms with Gasteiger partial charge in [0, 0.05) is 11.0 Å². The van der Waals surface area contributed by atoms with Gasteiger partial charge in [0.25, 0.3) is 0 Å². The fraction of sp³-hybridized carbons (Fsp3) is 0.100. The molecule has 0 atom stereocenters. The van der Waals surface area contributed by atoms with E-state index in [4.69, 9.17) is 4.42 Å². The van der Waals surface area contributed by atoms with Crippen LogP contribution in [0.15, 0.2) is 45.9 Å². The van der Waals surface area contributed by atoms with Crippen molar-refractivity contribution in [1.29, 1.82) is 0 Å². The van der Waals surface area contributed by atoms with E-state index in [0.717, 1.165) is 11.0 Å². The molecule has 2 heteroatoms. The van der Waals surface area contributed by atoms with Crippen LogP contribution in [0.3, 0.4) is 0 Å². The molecule has 60 valence electrons. The molecular weight excluding hydrogens is 168 g/mol. The second-order valence-corrected chi connectivity index (χ2v) is 3.40. The first kappa shape index (κ1) is 7.62. The Kier molecular flexibility index (Phi) is 2.00. The van der Waals surface area contributed by atoms with Crippen LogP contribution < -0.4 is 0 Å². The average Bonchev–Trinajstić information content (AvgIpc) is 2.17. The Morgan fingerprint density at radius 3 is 3.00 bits per heavy atom. The summed E-state index contributed by atoms with van der Waals surface area (Å²) in [4.78, 5) is 1.23. The summed E-state index contributed by atoms with van der Waals surface area (Å²) >= 11 is 1.72. The maximum Gasteiger partial charge on any atom is 0.360 e. The summed E-state index contributed by atoms with van der Waals surface area (Å²) in [5.41, 5.74) is 0.948. The van der Waals surface area contributed by atoms with Crippen molar-refractivity contribution in [1.82, 2.24) is 0 Å². The molecule has 1 heterocycles. The van der Waals surface area contributed by atoms with Crippen LogP contribution in [-0.4, -0.2) is 6.26 Å². The predicted octanol–water partition coefficient (Wildman–Crippen LogP) is 3.44. The summed E-state index contributed by atoms with van der Waals surface area (Å²) in [6.45, 7) is 0. The molecule has 1 aromatic heterocycles. The van der Waals surface area contributed by atoms with Crippen LogP contribution in [0.25, 0.3) is 11.0 Å². The average molecular weight is 177 g/mol. The molecule has 0 spiro atoms. The number of hydrogen-bond donors (Lipinski definition) is 0. The van der Waals surface area contributed by atoms with Crippen LogP contribution in [0.4, 0.5) is 0 Å². The maximum atomic E-state index is 5.34. The van der Waals surface area contributed by atoms with Crippen molar-refractivity contribution in [2.24, 2.45) is 0 Å². The largest absolute Gasteiger partial charge is 0.360 e. The molecule has 0 saturated heterocycles. The molecule has 1 aromatic carbocycles. The van der Waals surface area contributed by atoms with E-state index in [-0.39, 0.29) is 0 Å². The van der Waals surface area contributed by atoms with Crippen molar-refractivity contribution >= 4 is 22.7 Å². The first-order valence-corrected chi connectivity index (χ1v) is 4.97. The molecule has 0 aliphatic carbocycles. The lowest BCUT2D eigenvalue weighted by Crippen LogP contribution is -1.72. The molecule has 0 amide bonds. The third-order valence-electron chi connectivity index (χ3n) is 1.77. The van der Waals surface area contributed by atoms with Gasteiger partial charge in [0.2, 0.25) is 0 Å². The summed E-state index contributed by atoms with van der Waals surface area (Å²) in [5.74, 6) is 0. The highest BCUT2D eigenvalue weighted by Crippen LogP contribution is 2.21. The van der Waals surface area contributed by atoms with Crippen LogP contribution in [0.2, 0.25) is 0 Å². The Hall–Kier alpha value is -1.02. The highest BCUT2D eigenvalue weighted by atomic mass is 32.2. The van der Waals surface area contributed by atoms with Crippen molar-refractivity contribution in [2.45, 2.75) is 4.90 Å². The third-order valence-corrected chi connectivity index (χ3v) is 2.50. The highest BCUT2D eigenvalue weighted by molar-refractivity contribution is 7.98. The second-order valence-electron chi connectivity index (χ2n) is 2.52. The fourth-order valence-corrected chi connectivity index (χ4v) is 1.57. The molecule has 12 heavy (non-hydrogen) atoms. The number of fused-ring (bicyclic) bond motifs is 1. The van der Waals surface area contributed by atoms with Gasteiger partial charge in [-0.25, -0.2) is 4.42 Å². The molecule has 0 fully saturated rings. The Labute approximate surface area is 75.4 Å². The minimum Gasteiger partial charge on any atom is -0.216 e. The van der Waals surface area contributed by atoms with Gasteiger partial charge in [0.1, 0.15) is 0 Å². The summed E-state index contributed by atoms with van der Waals surface area (Å²) in [7, 11) is 0. The van der Waals surface area contributed by atoms with Crippen molar-refractivity contribution in [3.05, 3.63) is 36.6 Å². The van der Waals surface area contributed by atoms with Gasteiger partial charge in [-0.3, -0.25) is 0 Å². The molecule has 2 aromatic rings. The molecule has 0 aliphatic rings. The molecule has 0 bridgehead atoms. The van der Waals surface area contributed by atoms with Gasteiger partial charge in [-0.2, -0.15) is 0 Å². The van der Waals surface area contributed by atoms with E-state index in [1.807, 2.05) is 12.1 Å². The second kappa shape index (κ2) is 3.15. The lowest BCUT2D eigenvalue weighted by atomic mass is 10.2. The molecule has 0 radical (unpaired) electrons. The smallest absolute Gasteiger partial charge is 0.216 e. The van der Waals surface area contributed by atoms with Gasteiger partial charge < -0.3 is 0 Å². The van der Waals surface area contributed by atoms with Crippen molar-refractivity contribution in [3.63, 3.8) is 0 Å². The standard InChI is InChI=1S/C10H9OS/c1-12-9-5-4-8-3-2-6-11-10(8)7-9/h2-7H,1H3/q+1. The number of benzene rings is 1. The third kappa shape index (κ3) is 1.30. The Balaban J connectivity index is 2.67. The van der Waals surface area contributed by atoms with Gasteiger partial charge >= 0.3 is 11.8 Å². The van der Waals surface area contributed by atoms with Gasteiger partial charge in [0.05, 0.1) is 11.5 Å². The van der Waals surface area contributed by atoms with Crippen LogP contribution in [-0.2, 0) is 0 Å². The lowest BCUT2D eigenvalue weighted by Gasteiger charge is -1.91. The monoisotopic (exact) mass is 177 g/mol. The number of rotatable bonds is 1. The van der Waals surface area contributed by atoms with Crippen molar-refractivity contribution < 1.29 is 4.42 Å². The van der Waals surface area contributed by atoms with Crippen LogP contribution in [0, 0.1) is 0 Å². The first-order valence-electron chi connectivity index (χ1n) is 3.75. The van der Waals surface area contributed by atoms with E-state index in [9.17, 15) is 0 Å². The molecule has 1 nitrogen and oxygen atoms in total. The van der Waals surface area contributed by atoms with E-state index in [0.29, 0.717) is 0 Å². The van der Waals surface area contributed by atoms with E-state index in [1.54, 1.807) is 18.0 Å². The lowest BCUT2D eigenvalue weighted by molar-refractivity contribution is 0.603. The normalized spacial score (nSPS) is 10.4. The Bertz CT molecular complexity index is 398. The summed E-state index contributed by atoms with van der Waals surface area (Å²) in [6.07, 6.45) is 3.76. The van der Waals surface area contributed by atoms with E-state index < -0.39 is 0 Å². The summed E-state index contributed by atoms with van der Waals surface area (Å²) < 4.78 is 5.34. The van der Waals surface area contributed by atoms with Gasteiger partial charge in [-0.15, -0.1) is 11.8 Å². The quantitative estimate of drug-likeness (QED) is 0.488.